The van der Waals surface area contributed by atoms with Gasteiger partial charge in [0, 0.05) is 51.5 Å². The van der Waals surface area contributed by atoms with Gasteiger partial charge in [0.25, 0.3) is 5.91 Å². The Labute approximate surface area is 201 Å². The number of amides is 1. The molecule has 8 nitrogen and oxygen atoms in total. The number of hydrogen-bond donors (Lipinski definition) is 4. The number of benzene rings is 2. The molecule has 0 heterocycles. The minimum absolute atomic E-state index is 0.00738. The zero-order chi connectivity index (χ0) is 24.8. The van der Waals surface area contributed by atoms with Crippen molar-refractivity contribution < 1.29 is 24.5 Å². The molecular weight excluding hydrogens is 434 g/mol. The number of aldehydes is 1. The Morgan fingerprint density at radius 1 is 1.15 bits per heavy atom. The second-order valence-electron chi connectivity index (χ2n) is 7.79. The summed E-state index contributed by atoms with van der Waals surface area (Å²) in [6.07, 6.45) is 4.15. The standard InChI is InChI=1S/C26H35N3O5/c1-27-25-22(11-6-17-30)21(12-13-23(25)31)24(32)19-28-14-7-15-29(16-8-18-34-2)26(33)20-9-4-3-5-10-20/h3-6,9-13,17,24,27-28,31-32H,7-8,14-16,18-19H2,1-2H3/b11-6-. The summed E-state index contributed by atoms with van der Waals surface area (Å²) >= 11 is 0. The maximum absolute atomic E-state index is 12.9. The number of nitrogens with zero attached hydrogens (tertiary/aromatic N) is 1. The van der Waals surface area contributed by atoms with Crippen molar-refractivity contribution >= 4 is 24.0 Å². The molecule has 184 valence electrons. The third kappa shape index (κ3) is 7.98. The summed E-state index contributed by atoms with van der Waals surface area (Å²) in [7, 11) is 3.31. The van der Waals surface area contributed by atoms with E-state index in [-0.39, 0.29) is 18.2 Å². The van der Waals surface area contributed by atoms with E-state index in [9.17, 15) is 19.8 Å². The molecule has 1 atom stereocenters. The van der Waals surface area contributed by atoms with E-state index in [0.29, 0.717) is 61.3 Å². The summed E-state index contributed by atoms with van der Waals surface area (Å²) in [6, 6.07) is 12.4. The first-order valence-electron chi connectivity index (χ1n) is 11.4. The number of carbonyl (C=O) groups excluding carboxylic acids is 2. The predicted octanol–water partition coefficient (Wildman–Crippen LogP) is 2.84. The summed E-state index contributed by atoms with van der Waals surface area (Å²) in [4.78, 5) is 25.5. The molecule has 8 heteroatoms. The number of aliphatic hydroxyl groups excluding tert-OH is 1. The summed E-state index contributed by atoms with van der Waals surface area (Å²) in [5.41, 5.74) is 2.25. The van der Waals surface area contributed by atoms with Crippen LogP contribution >= 0.6 is 0 Å². The van der Waals surface area contributed by atoms with Crippen LogP contribution in [0.3, 0.4) is 0 Å². The summed E-state index contributed by atoms with van der Waals surface area (Å²) in [5, 5.41) is 26.9. The van der Waals surface area contributed by atoms with E-state index in [1.807, 2.05) is 35.2 Å². The zero-order valence-corrected chi connectivity index (χ0v) is 19.9. The van der Waals surface area contributed by atoms with Crippen molar-refractivity contribution in [2.45, 2.75) is 18.9 Å². The largest absolute Gasteiger partial charge is 0.506 e. The highest BCUT2D eigenvalue weighted by molar-refractivity contribution is 5.94. The molecule has 0 radical (unpaired) electrons. The lowest BCUT2D eigenvalue weighted by Gasteiger charge is -2.23. The van der Waals surface area contributed by atoms with Crippen LogP contribution in [0, 0.1) is 0 Å². The van der Waals surface area contributed by atoms with E-state index in [4.69, 9.17) is 4.74 Å². The van der Waals surface area contributed by atoms with Crippen LogP contribution in [0.2, 0.25) is 0 Å². The van der Waals surface area contributed by atoms with Gasteiger partial charge in [-0.1, -0.05) is 24.3 Å². The highest BCUT2D eigenvalue weighted by Gasteiger charge is 2.17. The third-order valence-electron chi connectivity index (χ3n) is 5.41. The molecule has 2 aromatic carbocycles. The number of phenolic OH excluding ortho intramolecular Hbond substituents is 1. The lowest BCUT2D eigenvalue weighted by molar-refractivity contribution is -0.104. The number of allylic oxidation sites excluding steroid dienone is 1. The number of anilines is 1. The summed E-state index contributed by atoms with van der Waals surface area (Å²) in [5.74, 6) is 0.0284. The van der Waals surface area contributed by atoms with Gasteiger partial charge in [0.15, 0.2) is 0 Å². The van der Waals surface area contributed by atoms with Gasteiger partial charge in [-0.2, -0.15) is 0 Å². The van der Waals surface area contributed by atoms with Crippen molar-refractivity contribution in [2.24, 2.45) is 0 Å². The monoisotopic (exact) mass is 469 g/mol. The average Bonchev–Trinajstić information content (AvgIpc) is 2.86. The second kappa shape index (κ2) is 14.8. The number of nitrogens with one attached hydrogen (secondary N) is 2. The van der Waals surface area contributed by atoms with Crippen molar-refractivity contribution in [3.05, 3.63) is 65.2 Å². The van der Waals surface area contributed by atoms with Gasteiger partial charge >= 0.3 is 0 Å². The lowest BCUT2D eigenvalue weighted by Crippen LogP contribution is -2.35. The number of aromatic hydroxyl groups is 1. The molecule has 0 spiro atoms. The molecule has 0 aliphatic heterocycles. The smallest absolute Gasteiger partial charge is 0.253 e. The number of carbonyl (C=O) groups is 2. The molecule has 0 bridgehead atoms. The van der Waals surface area contributed by atoms with E-state index in [1.165, 1.54) is 12.1 Å². The predicted molar refractivity (Wildman–Crippen MR) is 134 cm³/mol. The van der Waals surface area contributed by atoms with Gasteiger partial charge < -0.3 is 30.5 Å². The Hall–Kier alpha value is -3.20. The van der Waals surface area contributed by atoms with Crippen LogP contribution in [0.4, 0.5) is 5.69 Å². The molecule has 0 saturated carbocycles. The van der Waals surface area contributed by atoms with Crippen LogP contribution < -0.4 is 10.6 Å². The fourth-order valence-corrected chi connectivity index (χ4v) is 3.71. The first-order chi connectivity index (χ1) is 16.5. The molecule has 34 heavy (non-hydrogen) atoms. The number of methoxy groups -OCH3 is 1. The van der Waals surface area contributed by atoms with E-state index in [1.54, 1.807) is 26.3 Å². The minimum Gasteiger partial charge on any atom is -0.506 e. The third-order valence-corrected chi connectivity index (χ3v) is 5.41. The first-order valence-corrected chi connectivity index (χ1v) is 11.4. The van der Waals surface area contributed by atoms with E-state index in [0.717, 1.165) is 6.42 Å². The Morgan fingerprint density at radius 2 is 1.88 bits per heavy atom. The highest BCUT2D eigenvalue weighted by Crippen LogP contribution is 2.33. The minimum atomic E-state index is -0.845. The number of phenols is 1. The lowest BCUT2D eigenvalue weighted by atomic mass is 9.99. The topological polar surface area (TPSA) is 111 Å². The molecule has 1 unspecified atom stereocenters. The number of aliphatic hydroxyl groups is 1. The first kappa shape index (κ1) is 27.0. The van der Waals surface area contributed by atoms with Gasteiger partial charge in [-0.05, 0) is 55.3 Å². The average molecular weight is 470 g/mol. The Bertz CT molecular complexity index is 934. The van der Waals surface area contributed by atoms with Crippen LogP contribution in [-0.2, 0) is 9.53 Å². The highest BCUT2D eigenvalue weighted by atomic mass is 16.5. The van der Waals surface area contributed by atoms with Crippen molar-refractivity contribution in [3.63, 3.8) is 0 Å². The zero-order valence-electron chi connectivity index (χ0n) is 19.9. The number of hydrogen-bond acceptors (Lipinski definition) is 7. The van der Waals surface area contributed by atoms with Gasteiger partial charge in [-0.3, -0.25) is 9.59 Å². The van der Waals surface area contributed by atoms with Crippen LogP contribution in [0.15, 0.2) is 48.5 Å². The van der Waals surface area contributed by atoms with Crippen LogP contribution in [0.25, 0.3) is 6.08 Å². The molecule has 0 aromatic heterocycles. The van der Waals surface area contributed by atoms with Crippen molar-refractivity contribution in [1.29, 1.82) is 0 Å². The molecule has 2 rings (SSSR count). The molecule has 0 saturated heterocycles. The molecule has 0 aliphatic rings. The van der Waals surface area contributed by atoms with E-state index in [2.05, 4.69) is 10.6 Å². The quantitative estimate of drug-likeness (QED) is 0.137. The fourth-order valence-electron chi connectivity index (χ4n) is 3.71. The van der Waals surface area contributed by atoms with E-state index >= 15 is 0 Å². The van der Waals surface area contributed by atoms with Crippen molar-refractivity contribution in [1.82, 2.24) is 10.2 Å². The molecule has 2 aromatic rings. The van der Waals surface area contributed by atoms with Crippen LogP contribution in [-0.4, -0.2) is 74.2 Å². The molecule has 0 fully saturated rings. The van der Waals surface area contributed by atoms with Crippen LogP contribution in [0.1, 0.15) is 40.4 Å². The summed E-state index contributed by atoms with van der Waals surface area (Å²) in [6.45, 7) is 2.67. The molecule has 1 amide bonds. The van der Waals surface area contributed by atoms with Gasteiger partial charge in [0.1, 0.15) is 12.0 Å². The van der Waals surface area contributed by atoms with Gasteiger partial charge in [0.05, 0.1) is 11.8 Å². The SMILES string of the molecule is CNc1c(O)ccc(C(O)CNCCCN(CCCOC)C(=O)c2ccccc2)c1/C=C\C=O. The van der Waals surface area contributed by atoms with Gasteiger partial charge in [0.2, 0.25) is 0 Å². The Balaban J connectivity index is 1.93. The van der Waals surface area contributed by atoms with Crippen molar-refractivity contribution in [2.75, 3.05) is 52.3 Å². The van der Waals surface area contributed by atoms with E-state index < -0.39 is 6.10 Å². The second-order valence-corrected chi connectivity index (χ2v) is 7.79. The molecular formula is C26H35N3O5. The van der Waals surface area contributed by atoms with Gasteiger partial charge in [-0.15, -0.1) is 0 Å². The summed E-state index contributed by atoms with van der Waals surface area (Å²) < 4.78 is 5.12. The Morgan fingerprint density at radius 3 is 2.56 bits per heavy atom. The normalized spacial score (nSPS) is 12.0. The Kier molecular flexibility index (Phi) is 11.8. The van der Waals surface area contributed by atoms with Crippen LogP contribution in [0.5, 0.6) is 5.75 Å². The maximum atomic E-state index is 12.9. The number of ether oxygens (including phenoxy) is 1. The number of rotatable bonds is 15. The van der Waals surface area contributed by atoms with Gasteiger partial charge in [-0.25, -0.2) is 0 Å². The van der Waals surface area contributed by atoms with Crippen molar-refractivity contribution in [3.8, 4) is 5.75 Å². The fraction of sp³-hybridized carbons (Fsp3) is 0.385. The maximum Gasteiger partial charge on any atom is 0.253 e. The molecule has 0 aliphatic carbocycles. The molecule has 4 N–H and O–H groups in total.